The van der Waals surface area contributed by atoms with Crippen molar-refractivity contribution in [2.75, 3.05) is 31.7 Å². The van der Waals surface area contributed by atoms with Crippen molar-refractivity contribution >= 4 is 11.4 Å². The molecule has 0 spiro atoms. The monoisotopic (exact) mass is 296 g/mol. The second-order valence-electron chi connectivity index (χ2n) is 4.88. The van der Waals surface area contributed by atoms with E-state index in [9.17, 15) is 10.1 Å². The van der Waals surface area contributed by atoms with Crippen LogP contribution in [0.15, 0.2) is 18.2 Å². The minimum atomic E-state index is -0.545. The zero-order chi connectivity index (χ0) is 15.3. The maximum Gasteiger partial charge on any atom is 0.311 e. The van der Waals surface area contributed by atoms with E-state index in [1.165, 1.54) is 6.07 Å². The molecule has 1 aliphatic rings. The van der Waals surface area contributed by atoms with Crippen LogP contribution in [0.2, 0.25) is 0 Å². The summed E-state index contributed by atoms with van der Waals surface area (Å²) in [6.07, 6.45) is 0.688. The van der Waals surface area contributed by atoms with Crippen molar-refractivity contribution in [1.29, 1.82) is 0 Å². The molecule has 1 aromatic carbocycles. The van der Waals surface area contributed by atoms with Crippen LogP contribution in [-0.2, 0) is 9.47 Å². The van der Waals surface area contributed by atoms with Crippen LogP contribution >= 0.6 is 0 Å². The Bertz CT molecular complexity index is 500. The second-order valence-corrected chi connectivity index (χ2v) is 4.88. The van der Waals surface area contributed by atoms with E-state index in [1.807, 2.05) is 6.92 Å². The van der Waals surface area contributed by atoms with Gasteiger partial charge in [0.2, 0.25) is 0 Å². The fourth-order valence-corrected chi connectivity index (χ4v) is 2.18. The predicted octanol–water partition coefficient (Wildman–Crippen LogP) is 2.56. The van der Waals surface area contributed by atoms with Crippen molar-refractivity contribution in [3.63, 3.8) is 0 Å². The maximum atomic E-state index is 10.9. The van der Waals surface area contributed by atoms with Crippen LogP contribution in [0.25, 0.3) is 0 Å². The first-order valence-electron chi connectivity index (χ1n) is 6.97. The summed E-state index contributed by atoms with van der Waals surface area (Å²) in [6, 6.07) is 4.75. The van der Waals surface area contributed by atoms with Crippen molar-refractivity contribution in [2.24, 2.45) is 0 Å². The minimum Gasteiger partial charge on any atom is -0.487 e. The summed E-state index contributed by atoms with van der Waals surface area (Å²) in [5, 5.41) is 14.1. The molecule has 1 aromatic rings. The Kier molecular flexibility index (Phi) is 4.98. The highest BCUT2D eigenvalue weighted by atomic mass is 16.7. The van der Waals surface area contributed by atoms with Crippen LogP contribution in [-0.4, -0.2) is 37.1 Å². The summed E-state index contributed by atoms with van der Waals surface area (Å²) in [5.74, 6) is -0.275. The summed E-state index contributed by atoms with van der Waals surface area (Å²) in [6.45, 7) is 5.94. The summed E-state index contributed by atoms with van der Waals surface area (Å²) in [4.78, 5) is 10.5. The molecule has 1 saturated heterocycles. The number of nitrogens with zero attached hydrogens (tertiary/aromatic N) is 1. The van der Waals surface area contributed by atoms with Crippen molar-refractivity contribution in [2.45, 2.75) is 26.1 Å². The number of anilines is 1. The van der Waals surface area contributed by atoms with Gasteiger partial charge in [0.05, 0.1) is 24.7 Å². The third-order valence-corrected chi connectivity index (χ3v) is 3.26. The molecule has 2 rings (SSSR count). The molecule has 1 fully saturated rings. The third kappa shape index (κ3) is 4.05. The maximum absolute atomic E-state index is 10.9. The topological polar surface area (TPSA) is 82.9 Å². The molecular formula is C14H20N2O5. The van der Waals surface area contributed by atoms with Gasteiger partial charge in [-0.3, -0.25) is 10.1 Å². The Morgan fingerprint density at radius 3 is 2.76 bits per heavy atom. The van der Waals surface area contributed by atoms with Crippen molar-refractivity contribution in [3.05, 3.63) is 28.3 Å². The smallest absolute Gasteiger partial charge is 0.311 e. The number of nitrogens with one attached hydrogen (secondary N) is 1. The first-order valence-corrected chi connectivity index (χ1v) is 6.97. The van der Waals surface area contributed by atoms with Crippen LogP contribution in [0.1, 0.15) is 20.3 Å². The molecule has 0 unspecified atom stereocenters. The van der Waals surface area contributed by atoms with Gasteiger partial charge in [0.15, 0.2) is 11.5 Å². The Morgan fingerprint density at radius 1 is 1.43 bits per heavy atom. The summed E-state index contributed by atoms with van der Waals surface area (Å²) in [7, 11) is 0. The molecule has 0 aliphatic carbocycles. The van der Waals surface area contributed by atoms with Gasteiger partial charge in [-0.25, -0.2) is 0 Å². The largest absolute Gasteiger partial charge is 0.487 e. The second kappa shape index (κ2) is 6.73. The van der Waals surface area contributed by atoms with Gasteiger partial charge in [0.1, 0.15) is 0 Å². The summed E-state index contributed by atoms with van der Waals surface area (Å²) >= 11 is 0. The van der Waals surface area contributed by atoms with E-state index in [1.54, 1.807) is 19.1 Å². The van der Waals surface area contributed by atoms with Gasteiger partial charge in [-0.15, -0.1) is 0 Å². The molecule has 1 aliphatic heterocycles. The number of hydrogen-bond donors (Lipinski definition) is 1. The fraction of sp³-hybridized carbons (Fsp3) is 0.571. The van der Waals surface area contributed by atoms with Gasteiger partial charge in [0, 0.05) is 30.8 Å². The number of hydrogen-bond acceptors (Lipinski definition) is 6. The van der Waals surface area contributed by atoms with Gasteiger partial charge in [-0.05, 0) is 19.9 Å². The van der Waals surface area contributed by atoms with Crippen molar-refractivity contribution in [3.8, 4) is 5.75 Å². The highest BCUT2D eigenvalue weighted by Gasteiger charge is 2.30. The minimum absolute atomic E-state index is 0.0307. The zero-order valence-corrected chi connectivity index (χ0v) is 12.3. The van der Waals surface area contributed by atoms with E-state index in [-0.39, 0.29) is 11.4 Å². The van der Waals surface area contributed by atoms with Crippen LogP contribution < -0.4 is 10.1 Å². The predicted molar refractivity (Wildman–Crippen MR) is 77.7 cm³/mol. The van der Waals surface area contributed by atoms with Crippen LogP contribution in [0.3, 0.4) is 0 Å². The SMILES string of the molecule is CCOc1cc(NCCC2(C)OCCO2)ccc1[N+](=O)[O-]. The van der Waals surface area contributed by atoms with E-state index >= 15 is 0 Å². The molecule has 1 N–H and O–H groups in total. The molecule has 0 atom stereocenters. The molecule has 7 heteroatoms. The van der Waals surface area contributed by atoms with E-state index in [2.05, 4.69) is 5.32 Å². The molecule has 0 amide bonds. The highest BCUT2D eigenvalue weighted by molar-refractivity contribution is 5.58. The number of nitro benzene ring substituents is 1. The molecule has 0 aromatic heterocycles. The Balaban J connectivity index is 1.96. The Labute approximate surface area is 123 Å². The van der Waals surface area contributed by atoms with Gasteiger partial charge in [-0.2, -0.15) is 0 Å². The first-order chi connectivity index (χ1) is 10.0. The molecule has 0 radical (unpaired) electrons. The molecule has 21 heavy (non-hydrogen) atoms. The number of rotatable bonds is 7. The van der Waals surface area contributed by atoms with Crippen molar-refractivity contribution < 1.29 is 19.1 Å². The number of nitro groups is 1. The van der Waals surface area contributed by atoms with Gasteiger partial charge < -0.3 is 19.5 Å². The van der Waals surface area contributed by atoms with Gasteiger partial charge in [-0.1, -0.05) is 0 Å². The van der Waals surface area contributed by atoms with Gasteiger partial charge in [0.25, 0.3) is 0 Å². The first kappa shape index (κ1) is 15.5. The molecule has 116 valence electrons. The Morgan fingerprint density at radius 2 is 2.14 bits per heavy atom. The molecule has 1 heterocycles. The van der Waals surface area contributed by atoms with Crippen LogP contribution in [0.5, 0.6) is 5.75 Å². The Hall–Kier alpha value is -1.86. The fourth-order valence-electron chi connectivity index (χ4n) is 2.18. The lowest BCUT2D eigenvalue weighted by Gasteiger charge is -2.22. The normalized spacial score (nSPS) is 16.7. The number of ether oxygens (including phenoxy) is 3. The van der Waals surface area contributed by atoms with Crippen LogP contribution in [0.4, 0.5) is 11.4 Å². The van der Waals surface area contributed by atoms with E-state index in [0.717, 1.165) is 5.69 Å². The van der Waals surface area contributed by atoms with E-state index in [4.69, 9.17) is 14.2 Å². The average Bonchev–Trinajstić information content (AvgIpc) is 2.86. The quantitative estimate of drug-likeness (QED) is 0.615. The molecule has 7 nitrogen and oxygen atoms in total. The summed E-state index contributed by atoms with van der Waals surface area (Å²) < 4.78 is 16.3. The lowest BCUT2D eigenvalue weighted by molar-refractivity contribution is -0.385. The lowest BCUT2D eigenvalue weighted by Crippen LogP contribution is -2.28. The zero-order valence-electron chi connectivity index (χ0n) is 12.3. The molecular weight excluding hydrogens is 276 g/mol. The van der Waals surface area contributed by atoms with Gasteiger partial charge >= 0.3 is 5.69 Å². The van der Waals surface area contributed by atoms with E-state index in [0.29, 0.717) is 32.8 Å². The average molecular weight is 296 g/mol. The summed E-state index contributed by atoms with van der Waals surface area (Å²) in [5.41, 5.74) is 0.738. The number of benzene rings is 1. The molecule has 0 bridgehead atoms. The standard InChI is InChI=1S/C14H20N2O5/c1-3-19-13-10-11(4-5-12(13)16(17)18)15-7-6-14(2)20-8-9-21-14/h4-5,10,15H,3,6-9H2,1-2H3. The van der Waals surface area contributed by atoms with Crippen LogP contribution in [0, 0.1) is 10.1 Å². The van der Waals surface area contributed by atoms with E-state index < -0.39 is 10.7 Å². The molecule has 0 saturated carbocycles. The lowest BCUT2D eigenvalue weighted by atomic mass is 10.2. The highest BCUT2D eigenvalue weighted by Crippen LogP contribution is 2.30. The third-order valence-electron chi connectivity index (χ3n) is 3.26. The van der Waals surface area contributed by atoms with Crippen molar-refractivity contribution in [1.82, 2.24) is 0 Å².